The van der Waals surface area contributed by atoms with E-state index < -0.39 is 0 Å². The molecule has 1 N–H and O–H groups in total. The average Bonchev–Trinajstić information content (AvgIpc) is 1.39. The average molecular weight is 181 g/mol. The monoisotopic (exact) mass is 180 g/mol. The van der Waals surface area contributed by atoms with Crippen LogP contribution in [0.1, 0.15) is 20.3 Å². The van der Waals surface area contributed by atoms with Gasteiger partial charge in [-0.1, -0.05) is 20.3 Å². The van der Waals surface area contributed by atoms with Crippen molar-refractivity contribution in [3.8, 4) is 0 Å². The first kappa shape index (κ1) is 15.7. The Morgan fingerprint density at radius 2 is 1.57 bits per heavy atom. The molecule has 0 amide bonds. The molecule has 0 aliphatic carbocycles. The Morgan fingerprint density at radius 3 is 1.57 bits per heavy atom. The molecule has 0 heterocycles. The minimum Gasteiger partial charge on any atom is -0.483 e. The van der Waals surface area contributed by atoms with E-state index in [4.69, 9.17) is 9.90 Å². The van der Waals surface area contributed by atoms with E-state index in [9.17, 15) is 0 Å². The quantitative estimate of drug-likeness (QED) is 0.569. The van der Waals surface area contributed by atoms with Crippen molar-refractivity contribution in [1.29, 1.82) is 0 Å². The summed E-state index contributed by atoms with van der Waals surface area (Å²) >= 11 is 0. The van der Waals surface area contributed by atoms with E-state index in [1.165, 1.54) is 6.42 Å². The van der Waals surface area contributed by atoms with Crippen LogP contribution in [0.4, 0.5) is 0 Å². The van der Waals surface area contributed by atoms with Crippen molar-refractivity contribution in [2.45, 2.75) is 20.3 Å². The zero-order valence-corrected chi connectivity index (χ0v) is 7.10. The molecule has 42 valence electrons. The molecule has 0 aromatic rings. The molecule has 2 nitrogen and oxygen atoms in total. The van der Waals surface area contributed by atoms with Gasteiger partial charge in [-0.25, -0.2) is 0 Å². The SMILES string of the molecule is CCC.O=CO.[Zr]. The number of carboxylic acid groups (broad SMARTS) is 1. The van der Waals surface area contributed by atoms with Gasteiger partial charge in [-0.15, -0.1) is 0 Å². The van der Waals surface area contributed by atoms with Gasteiger partial charge >= 0.3 is 0 Å². The van der Waals surface area contributed by atoms with Crippen molar-refractivity contribution in [3.63, 3.8) is 0 Å². The topological polar surface area (TPSA) is 37.3 Å². The summed E-state index contributed by atoms with van der Waals surface area (Å²) < 4.78 is 0. The molecule has 0 spiro atoms. The molecular formula is C4H10O2Zr. The molecule has 0 radical (unpaired) electrons. The Kier molecular flexibility index (Phi) is 73.6. The first-order valence-electron chi connectivity index (χ1n) is 1.91. The fourth-order valence-corrected chi connectivity index (χ4v) is 0. The number of carbonyl (C=O) groups is 1. The predicted molar refractivity (Wildman–Crippen MR) is 24.7 cm³/mol. The Balaban J connectivity index is -0.0000000400. The molecule has 0 rings (SSSR count). The van der Waals surface area contributed by atoms with E-state index in [0.717, 1.165) is 0 Å². The Labute approximate surface area is 63.0 Å². The summed E-state index contributed by atoms with van der Waals surface area (Å²) in [6.45, 7) is 4.00. The molecule has 0 aliphatic heterocycles. The number of rotatable bonds is 0. The molecule has 0 aromatic carbocycles. The van der Waals surface area contributed by atoms with Crippen molar-refractivity contribution in [1.82, 2.24) is 0 Å². The van der Waals surface area contributed by atoms with Crippen LogP contribution >= 0.6 is 0 Å². The summed E-state index contributed by atoms with van der Waals surface area (Å²) in [5.41, 5.74) is 0. The molecule has 0 aromatic heterocycles. The molecule has 7 heavy (non-hydrogen) atoms. The minimum atomic E-state index is -0.250. The Morgan fingerprint density at radius 1 is 1.57 bits per heavy atom. The summed E-state index contributed by atoms with van der Waals surface area (Å²) in [5.74, 6) is 0. The summed E-state index contributed by atoms with van der Waals surface area (Å²) in [4.78, 5) is 8.36. The van der Waals surface area contributed by atoms with Crippen LogP contribution in [0.25, 0.3) is 0 Å². The maximum absolute atomic E-state index is 8.36. The van der Waals surface area contributed by atoms with Gasteiger partial charge in [-0.05, 0) is 0 Å². The van der Waals surface area contributed by atoms with Gasteiger partial charge in [-0.3, -0.25) is 4.79 Å². The maximum Gasteiger partial charge on any atom is 0.290 e. The molecule has 0 aliphatic rings. The van der Waals surface area contributed by atoms with Crippen LogP contribution in [0.3, 0.4) is 0 Å². The van der Waals surface area contributed by atoms with Crippen LogP contribution in [0.5, 0.6) is 0 Å². The second-order valence-electron chi connectivity index (χ2n) is 0.813. The Hall–Kier alpha value is 0.353. The van der Waals surface area contributed by atoms with Crippen molar-refractivity contribution in [2.24, 2.45) is 0 Å². The molecule has 0 saturated carbocycles. The van der Waals surface area contributed by atoms with Crippen LogP contribution < -0.4 is 0 Å². The largest absolute Gasteiger partial charge is 0.483 e. The van der Waals surface area contributed by atoms with Crippen molar-refractivity contribution < 1.29 is 36.1 Å². The van der Waals surface area contributed by atoms with Gasteiger partial charge in [0.15, 0.2) is 0 Å². The van der Waals surface area contributed by atoms with E-state index in [-0.39, 0.29) is 32.7 Å². The van der Waals surface area contributed by atoms with Gasteiger partial charge in [0.2, 0.25) is 0 Å². The van der Waals surface area contributed by atoms with Crippen LogP contribution in [-0.4, -0.2) is 11.6 Å². The molecule has 0 unspecified atom stereocenters. The van der Waals surface area contributed by atoms with Gasteiger partial charge in [0.05, 0.1) is 0 Å². The van der Waals surface area contributed by atoms with E-state index >= 15 is 0 Å². The molecule has 0 atom stereocenters. The smallest absolute Gasteiger partial charge is 0.290 e. The first-order chi connectivity index (χ1) is 2.83. The molecule has 0 saturated heterocycles. The van der Waals surface area contributed by atoms with Gasteiger partial charge in [0, 0.05) is 26.2 Å². The van der Waals surface area contributed by atoms with Crippen LogP contribution in [-0.2, 0) is 31.0 Å². The second-order valence-corrected chi connectivity index (χ2v) is 0.813. The van der Waals surface area contributed by atoms with Crippen LogP contribution in [0, 0.1) is 0 Å². The fraction of sp³-hybridized carbons (Fsp3) is 0.750. The zero-order chi connectivity index (χ0) is 5.41. The minimum absolute atomic E-state index is 0. The summed E-state index contributed by atoms with van der Waals surface area (Å²) in [5, 5.41) is 6.89. The summed E-state index contributed by atoms with van der Waals surface area (Å²) in [7, 11) is 0. The first-order valence-corrected chi connectivity index (χ1v) is 1.91. The number of hydrogen-bond donors (Lipinski definition) is 1. The standard InChI is InChI=1S/C3H8.CH2O2.Zr/c1-3-2;2-1-3;/h3H2,1-2H3;1H,(H,2,3);. The van der Waals surface area contributed by atoms with Crippen molar-refractivity contribution in [3.05, 3.63) is 0 Å². The normalized spacial score (nSPS) is 4.29. The van der Waals surface area contributed by atoms with E-state index in [2.05, 4.69) is 13.8 Å². The third-order valence-corrected chi connectivity index (χ3v) is 0. The summed E-state index contributed by atoms with van der Waals surface area (Å²) in [6, 6.07) is 0. The fourth-order valence-electron chi connectivity index (χ4n) is 0. The van der Waals surface area contributed by atoms with E-state index in [0.29, 0.717) is 0 Å². The molecule has 0 bridgehead atoms. The Bertz CT molecular complexity index is 23.7. The van der Waals surface area contributed by atoms with E-state index in [1.54, 1.807) is 0 Å². The third kappa shape index (κ3) is 965. The maximum atomic E-state index is 8.36. The van der Waals surface area contributed by atoms with Gasteiger partial charge < -0.3 is 5.11 Å². The second kappa shape index (κ2) is 32.9. The van der Waals surface area contributed by atoms with Crippen LogP contribution in [0.2, 0.25) is 0 Å². The third-order valence-electron chi connectivity index (χ3n) is 0. The molecular weight excluding hydrogens is 171 g/mol. The summed E-state index contributed by atoms with van der Waals surface area (Å²) in [6.07, 6.45) is 1.25. The van der Waals surface area contributed by atoms with E-state index in [1.807, 2.05) is 0 Å². The van der Waals surface area contributed by atoms with Crippen molar-refractivity contribution in [2.75, 3.05) is 0 Å². The van der Waals surface area contributed by atoms with Gasteiger partial charge in [-0.2, -0.15) is 0 Å². The molecule has 3 heteroatoms. The van der Waals surface area contributed by atoms with Gasteiger partial charge in [0.25, 0.3) is 6.47 Å². The predicted octanol–water partition coefficient (Wildman–Crippen LogP) is 1.11. The zero-order valence-electron chi connectivity index (χ0n) is 4.64. The number of hydrogen-bond acceptors (Lipinski definition) is 1. The molecule has 0 fully saturated rings. The van der Waals surface area contributed by atoms with Gasteiger partial charge in [0.1, 0.15) is 0 Å². The van der Waals surface area contributed by atoms with Crippen LogP contribution in [0.15, 0.2) is 0 Å². The van der Waals surface area contributed by atoms with Crippen molar-refractivity contribution >= 4 is 6.47 Å².